The molecule has 30 heavy (non-hydrogen) atoms. The molecule has 1 unspecified atom stereocenters. The number of urea groups is 1. The molecule has 160 valence electrons. The number of halogens is 1. The molecule has 1 saturated heterocycles. The summed E-state index contributed by atoms with van der Waals surface area (Å²) < 4.78 is 5.52. The number of ether oxygens (including phenoxy) is 1. The van der Waals surface area contributed by atoms with Crippen LogP contribution in [-0.2, 0) is 11.2 Å². The fourth-order valence-electron chi connectivity index (χ4n) is 3.31. The summed E-state index contributed by atoms with van der Waals surface area (Å²) in [7, 11) is 0. The van der Waals surface area contributed by atoms with Crippen LogP contribution in [0.5, 0.6) is 0 Å². The van der Waals surface area contributed by atoms with Gasteiger partial charge >= 0.3 is 12.1 Å². The number of aromatic nitrogens is 1. The van der Waals surface area contributed by atoms with Crippen LogP contribution in [0.15, 0.2) is 48.8 Å². The molecule has 0 aliphatic carbocycles. The maximum Gasteiger partial charge on any atom is 0.410 e. The third-order valence-electron chi connectivity index (χ3n) is 4.68. The number of amides is 3. The Hall–Kier alpha value is -2.80. The Labute approximate surface area is 182 Å². The van der Waals surface area contributed by atoms with Crippen molar-refractivity contribution in [2.24, 2.45) is 0 Å². The summed E-state index contributed by atoms with van der Waals surface area (Å²) >= 11 is 5.92. The molecule has 0 bridgehead atoms. The fraction of sp³-hybridized carbons (Fsp3) is 0.409. The van der Waals surface area contributed by atoms with Gasteiger partial charge < -0.3 is 19.9 Å². The predicted octanol–water partition coefficient (Wildman–Crippen LogP) is 4.43. The number of pyridine rings is 1. The summed E-state index contributed by atoms with van der Waals surface area (Å²) in [6.45, 7) is 6.73. The lowest BCUT2D eigenvalue weighted by Crippen LogP contribution is -2.58. The Kier molecular flexibility index (Phi) is 6.82. The summed E-state index contributed by atoms with van der Waals surface area (Å²) in [6.07, 6.45) is 3.71. The minimum atomic E-state index is -0.570. The first-order valence-electron chi connectivity index (χ1n) is 9.91. The Morgan fingerprint density at radius 1 is 1.20 bits per heavy atom. The second-order valence-corrected chi connectivity index (χ2v) is 8.71. The van der Waals surface area contributed by atoms with Gasteiger partial charge in [-0.3, -0.25) is 4.98 Å². The third-order valence-corrected chi connectivity index (χ3v) is 4.94. The Balaban J connectivity index is 1.74. The van der Waals surface area contributed by atoms with Gasteiger partial charge in [-0.25, -0.2) is 9.59 Å². The van der Waals surface area contributed by atoms with E-state index < -0.39 is 5.60 Å². The van der Waals surface area contributed by atoms with Crippen LogP contribution in [0, 0.1) is 0 Å². The van der Waals surface area contributed by atoms with Crippen molar-refractivity contribution in [3.05, 3.63) is 59.4 Å². The zero-order valence-corrected chi connectivity index (χ0v) is 18.2. The van der Waals surface area contributed by atoms with Crippen LogP contribution in [0.3, 0.4) is 0 Å². The van der Waals surface area contributed by atoms with Crippen molar-refractivity contribution in [3.63, 3.8) is 0 Å². The third kappa shape index (κ3) is 6.10. The van der Waals surface area contributed by atoms with Gasteiger partial charge in [-0.1, -0.05) is 17.7 Å². The van der Waals surface area contributed by atoms with Gasteiger partial charge in [0.05, 0.1) is 6.04 Å². The minimum Gasteiger partial charge on any atom is -0.444 e. The van der Waals surface area contributed by atoms with Gasteiger partial charge in [-0.2, -0.15) is 0 Å². The SMILES string of the molecule is CC(C)(C)OC(=O)N1CCN(C(=O)Nc2ccc(Cl)cc2)C(Cc2cccnc2)C1. The first-order chi connectivity index (χ1) is 14.2. The van der Waals surface area contributed by atoms with Crippen LogP contribution in [0.1, 0.15) is 26.3 Å². The molecule has 1 atom stereocenters. The number of nitrogens with zero attached hydrogens (tertiary/aromatic N) is 3. The number of carbonyl (C=O) groups is 2. The standard InChI is InChI=1S/C22H27ClN4O3/c1-22(2,3)30-21(29)26-11-12-27(19(15-26)13-16-5-4-10-24-14-16)20(28)25-18-8-6-17(23)7-9-18/h4-10,14,19H,11-13,15H2,1-3H3,(H,25,28). The number of hydrogen-bond acceptors (Lipinski definition) is 4. The number of rotatable bonds is 3. The highest BCUT2D eigenvalue weighted by molar-refractivity contribution is 6.30. The van der Waals surface area contributed by atoms with E-state index in [0.29, 0.717) is 36.8 Å². The minimum absolute atomic E-state index is 0.206. The first kappa shape index (κ1) is 21.9. The average Bonchev–Trinajstić information content (AvgIpc) is 2.69. The molecular weight excluding hydrogens is 404 g/mol. The van der Waals surface area contributed by atoms with Gasteiger partial charge in [0.25, 0.3) is 0 Å². The van der Waals surface area contributed by atoms with Gasteiger partial charge in [-0.15, -0.1) is 0 Å². The molecule has 1 aromatic carbocycles. The second kappa shape index (κ2) is 9.34. The van der Waals surface area contributed by atoms with Gasteiger partial charge in [0.2, 0.25) is 0 Å². The van der Waals surface area contributed by atoms with Crippen LogP contribution in [-0.4, -0.2) is 58.2 Å². The number of anilines is 1. The smallest absolute Gasteiger partial charge is 0.410 e. The maximum absolute atomic E-state index is 13.0. The molecular formula is C22H27ClN4O3. The second-order valence-electron chi connectivity index (χ2n) is 8.28. The molecule has 2 heterocycles. The highest BCUT2D eigenvalue weighted by Gasteiger charge is 2.34. The molecule has 7 nitrogen and oxygen atoms in total. The van der Waals surface area contributed by atoms with E-state index in [2.05, 4.69) is 10.3 Å². The van der Waals surface area contributed by atoms with E-state index in [4.69, 9.17) is 16.3 Å². The molecule has 0 radical (unpaired) electrons. The van der Waals surface area contributed by atoms with Crippen molar-refractivity contribution in [2.45, 2.75) is 38.8 Å². The number of piperazine rings is 1. The van der Waals surface area contributed by atoms with Crippen molar-refractivity contribution in [1.29, 1.82) is 0 Å². The zero-order valence-electron chi connectivity index (χ0n) is 17.5. The van der Waals surface area contributed by atoms with Crippen molar-refractivity contribution in [3.8, 4) is 0 Å². The molecule has 8 heteroatoms. The highest BCUT2D eigenvalue weighted by Crippen LogP contribution is 2.20. The maximum atomic E-state index is 13.0. The molecule has 1 aliphatic rings. The summed E-state index contributed by atoms with van der Waals surface area (Å²) in [5, 5.41) is 3.52. The van der Waals surface area contributed by atoms with Crippen LogP contribution in [0.4, 0.5) is 15.3 Å². The normalized spacial score (nSPS) is 16.9. The number of benzene rings is 1. The van der Waals surface area contributed by atoms with Crippen molar-refractivity contribution < 1.29 is 14.3 Å². The first-order valence-corrected chi connectivity index (χ1v) is 10.3. The lowest BCUT2D eigenvalue weighted by atomic mass is 10.0. The average molecular weight is 431 g/mol. The van der Waals surface area contributed by atoms with E-state index in [9.17, 15) is 9.59 Å². The van der Waals surface area contributed by atoms with Gasteiger partial charge in [0.1, 0.15) is 5.60 Å². The van der Waals surface area contributed by atoms with Gasteiger partial charge in [0.15, 0.2) is 0 Å². The molecule has 1 aromatic heterocycles. The van der Waals surface area contributed by atoms with E-state index >= 15 is 0 Å². The van der Waals surface area contributed by atoms with Crippen molar-refractivity contribution in [1.82, 2.24) is 14.8 Å². The van der Waals surface area contributed by atoms with Crippen molar-refractivity contribution in [2.75, 3.05) is 25.0 Å². The predicted molar refractivity (Wildman–Crippen MR) is 117 cm³/mol. The fourth-order valence-corrected chi connectivity index (χ4v) is 3.44. The van der Waals surface area contributed by atoms with E-state index in [1.807, 2.05) is 32.9 Å². The topological polar surface area (TPSA) is 74.8 Å². The highest BCUT2D eigenvalue weighted by atomic mass is 35.5. The molecule has 0 spiro atoms. The van der Waals surface area contributed by atoms with Crippen LogP contribution in [0.25, 0.3) is 0 Å². The molecule has 0 saturated carbocycles. The number of hydrogen-bond donors (Lipinski definition) is 1. The summed E-state index contributed by atoms with van der Waals surface area (Å²) in [5.41, 5.74) is 1.09. The van der Waals surface area contributed by atoms with E-state index in [1.54, 1.807) is 46.5 Å². The lowest BCUT2D eigenvalue weighted by Gasteiger charge is -2.41. The Morgan fingerprint density at radius 3 is 2.57 bits per heavy atom. The van der Waals surface area contributed by atoms with Gasteiger partial charge in [-0.05, 0) is 63.1 Å². The Morgan fingerprint density at radius 2 is 1.93 bits per heavy atom. The van der Waals surface area contributed by atoms with E-state index in [-0.39, 0.29) is 18.2 Å². The molecule has 2 aromatic rings. The molecule has 3 amide bonds. The molecule has 3 rings (SSSR count). The number of carbonyl (C=O) groups excluding carboxylic acids is 2. The molecule has 1 N–H and O–H groups in total. The summed E-state index contributed by atoms with van der Waals surface area (Å²) in [6, 6.07) is 10.4. The monoisotopic (exact) mass is 430 g/mol. The quantitative estimate of drug-likeness (QED) is 0.781. The van der Waals surface area contributed by atoms with E-state index in [1.165, 1.54) is 0 Å². The number of nitrogens with one attached hydrogen (secondary N) is 1. The van der Waals surface area contributed by atoms with E-state index in [0.717, 1.165) is 5.56 Å². The molecule has 1 fully saturated rings. The Bertz CT molecular complexity index is 868. The van der Waals surface area contributed by atoms with Crippen molar-refractivity contribution >= 4 is 29.4 Å². The van der Waals surface area contributed by atoms with Crippen LogP contribution >= 0.6 is 11.6 Å². The lowest BCUT2D eigenvalue weighted by molar-refractivity contribution is 0.00976. The van der Waals surface area contributed by atoms with Gasteiger partial charge in [0, 0.05) is 42.7 Å². The molecule has 1 aliphatic heterocycles. The van der Waals surface area contributed by atoms with Crippen LogP contribution in [0.2, 0.25) is 5.02 Å². The summed E-state index contributed by atoms with van der Waals surface area (Å²) in [5.74, 6) is 0. The summed E-state index contributed by atoms with van der Waals surface area (Å²) in [4.78, 5) is 33.2. The largest absolute Gasteiger partial charge is 0.444 e. The zero-order chi connectivity index (χ0) is 21.7. The van der Waals surface area contributed by atoms with Crippen LogP contribution < -0.4 is 5.32 Å².